The molecule has 0 saturated carbocycles. The van der Waals surface area contributed by atoms with Gasteiger partial charge in [0.1, 0.15) is 11.4 Å². The Bertz CT molecular complexity index is 975. The second kappa shape index (κ2) is 8.62. The third-order valence-electron chi connectivity index (χ3n) is 3.82. The van der Waals surface area contributed by atoms with Crippen molar-refractivity contribution in [2.75, 3.05) is 7.11 Å². The van der Waals surface area contributed by atoms with Crippen molar-refractivity contribution in [1.29, 1.82) is 0 Å². The van der Waals surface area contributed by atoms with Crippen LogP contribution >= 0.6 is 0 Å². The first-order chi connectivity index (χ1) is 13.2. The summed E-state index contributed by atoms with van der Waals surface area (Å²) in [5, 5.41) is 10.9. The fraction of sp³-hybridized carbons (Fsp3) is 0.0952. The van der Waals surface area contributed by atoms with Crippen molar-refractivity contribution in [3.63, 3.8) is 0 Å². The Labute approximate surface area is 157 Å². The van der Waals surface area contributed by atoms with E-state index in [1.165, 1.54) is 0 Å². The fourth-order valence-electron chi connectivity index (χ4n) is 2.47. The van der Waals surface area contributed by atoms with Gasteiger partial charge < -0.3 is 4.74 Å². The summed E-state index contributed by atoms with van der Waals surface area (Å²) in [7, 11) is 1.61. The number of carbonyl (C=O) groups is 1. The summed E-state index contributed by atoms with van der Waals surface area (Å²) < 4.78 is 5.21. The van der Waals surface area contributed by atoms with Crippen LogP contribution in [0.25, 0.3) is 17.3 Å². The number of nitrogens with zero attached hydrogens (tertiary/aromatic N) is 2. The van der Waals surface area contributed by atoms with Gasteiger partial charge in [0.15, 0.2) is 0 Å². The number of hydrogen-bond acceptors (Lipinski definition) is 4. The second-order valence-electron chi connectivity index (χ2n) is 5.90. The first-order valence-electron chi connectivity index (χ1n) is 8.42. The van der Waals surface area contributed by atoms with Gasteiger partial charge in [-0.2, -0.15) is 10.2 Å². The van der Waals surface area contributed by atoms with Crippen LogP contribution < -0.4 is 10.2 Å². The smallest absolute Gasteiger partial charge is 0.289 e. The molecule has 0 bridgehead atoms. The maximum absolute atomic E-state index is 12.2. The van der Waals surface area contributed by atoms with Crippen molar-refractivity contribution in [2.24, 2.45) is 5.10 Å². The zero-order valence-electron chi connectivity index (χ0n) is 15.1. The fourth-order valence-corrected chi connectivity index (χ4v) is 2.47. The van der Waals surface area contributed by atoms with E-state index in [0.717, 1.165) is 22.4 Å². The van der Waals surface area contributed by atoms with Gasteiger partial charge in [-0.15, -0.1) is 0 Å². The summed E-state index contributed by atoms with van der Waals surface area (Å²) in [5.74, 6) is 0.368. The van der Waals surface area contributed by atoms with E-state index in [0.29, 0.717) is 11.4 Å². The average Bonchev–Trinajstić information content (AvgIpc) is 3.19. The van der Waals surface area contributed by atoms with Gasteiger partial charge in [0.2, 0.25) is 0 Å². The Balaban J connectivity index is 1.63. The summed E-state index contributed by atoms with van der Waals surface area (Å²) in [6, 6.07) is 19.0. The number of aromatic nitrogens is 2. The molecule has 3 aromatic rings. The van der Waals surface area contributed by atoms with Crippen LogP contribution in [0.15, 0.2) is 71.3 Å². The van der Waals surface area contributed by atoms with E-state index in [4.69, 9.17) is 4.74 Å². The molecule has 27 heavy (non-hydrogen) atoms. The maximum atomic E-state index is 12.2. The highest BCUT2D eigenvalue weighted by molar-refractivity contribution is 5.94. The zero-order chi connectivity index (χ0) is 19.1. The molecule has 6 heteroatoms. The number of ether oxygens (including phenoxy) is 1. The lowest BCUT2D eigenvalue weighted by atomic mass is 10.1. The lowest BCUT2D eigenvalue weighted by Crippen LogP contribution is -2.17. The first kappa shape index (κ1) is 18.1. The molecule has 3 rings (SSSR count). The predicted molar refractivity (Wildman–Crippen MR) is 107 cm³/mol. The monoisotopic (exact) mass is 360 g/mol. The number of nitrogens with one attached hydrogen (secondary N) is 2. The van der Waals surface area contributed by atoms with Gasteiger partial charge in [0, 0.05) is 5.56 Å². The van der Waals surface area contributed by atoms with Crippen molar-refractivity contribution in [1.82, 2.24) is 15.6 Å². The number of methoxy groups -OCH3 is 1. The molecular formula is C21H20N4O2. The third kappa shape index (κ3) is 4.92. The first-order valence-corrected chi connectivity index (χ1v) is 8.42. The molecule has 0 atom stereocenters. The van der Waals surface area contributed by atoms with Crippen LogP contribution in [0.3, 0.4) is 0 Å². The number of H-pyrrole nitrogens is 1. The van der Waals surface area contributed by atoms with Gasteiger partial charge in [0.25, 0.3) is 5.91 Å². The van der Waals surface area contributed by atoms with E-state index < -0.39 is 0 Å². The van der Waals surface area contributed by atoms with Gasteiger partial charge in [-0.25, -0.2) is 5.43 Å². The Morgan fingerprint density at radius 3 is 2.74 bits per heavy atom. The van der Waals surface area contributed by atoms with E-state index in [1.54, 1.807) is 19.4 Å². The molecule has 1 heterocycles. The summed E-state index contributed by atoms with van der Waals surface area (Å²) in [6.07, 6.45) is 3.58. The number of amides is 1. The van der Waals surface area contributed by atoms with Crippen molar-refractivity contribution in [2.45, 2.75) is 6.92 Å². The molecule has 2 aromatic carbocycles. The number of rotatable bonds is 6. The number of benzene rings is 2. The molecule has 6 nitrogen and oxygen atoms in total. The summed E-state index contributed by atoms with van der Waals surface area (Å²) in [4.78, 5) is 12.2. The van der Waals surface area contributed by atoms with Crippen LogP contribution in [0.1, 0.15) is 23.0 Å². The van der Waals surface area contributed by atoms with E-state index in [9.17, 15) is 4.79 Å². The molecule has 1 aromatic heterocycles. The molecule has 0 radical (unpaired) electrons. The van der Waals surface area contributed by atoms with Crippen molar-refractivity contribution < 1.29 is 9.53 Å². The standard InChI is InChI=1S/C21H20N4O2/c1-15(11-16-7-4-3-5-8-16)14-22-25-21(26)20-13-19(23-24-20)17-9-6-10-18(12-17)27-2/h3-14H,1-2H3,(H,23,24)(H,25,26)/b15-11+,22-14-. The van der Waals surface area contributed by atoms with E-state index in [2.05, 4.69) is 20.7 Å². The Kier molecular flexibility index (Phi) is 5.79. The van der Waals surface area contributed by atoms with Gasteiger partial charge in [-0.3, -0.25) is 9.89 Å². The van der Waals surface area contributed by atoms with Crippen molar-refractivity contribution >= 4 is 18.2 Å². The molecule has 1 amide bonds. The Morgan fingerprint density at radius 1 is 1.15 bits per heavy atom. The number of aromatic amines is 1. The van der Waals surface area contributed by atoms with Crippen molar-refractivity contribution in [3.05, 3.63) is 77.5 Å². The lowest BCUT2D eigenvalue weighted by molar-refractivity contribution is 0.0950. The second-order valence-corrected chi connectivity index (χ2v) is 5.90. The minimum atomic E-state index is -0.361. The molecule has 2 N–H and O–H groups in total. The predicted octanol–water partition coefficient (Wildman–Crippen LogP) is 3.90. The highest BCUT2D eigenvalue weighted by Gasteiger charge is 2.10. The van der Waals surface area contributed by atoms with E-state index in [1.807, 2.05) is 67.6 Å². The minimum absolute atomic E-state index is 0.328. The van der Waals surface area contributed by atoms with Crippen LogP contribution in [0.2, 0.25) is 0 Å². The maximum Gasteiger partial charge on any atom is 0.289 e. The zero-order valence-corrected chi connectivity index (χ0v) is 15.1. The number of allylic oxidation sites excluding steroid dienone is 1. The molecule has 0 spiro atoms. The molecule has 0 saturated heterocycles. The quantitative estimate of drug-likeness (QED) is 0.517. The van der Waals surface area contributed by atoms with Crippen LogP contribution in [0.4, 0.5) is 0 Å². The van der Waals surface area contributed by atoms with Crippen LogP contribution in [0.5, 0.6) is 5.75 Å². The summed E-state index contributed by atoms with van der Waals surface area (Å²) in [6.45, 7) is 1.92. The average molecular weight is 360 g/mol. The van der Waals surface area contributed by atoms with E-state index in [-0.39, 0.29) is 5.91 Å². The Hall–Kier alpha value is -3.67. The third-order valence-corrected chi connectivity index (χ3v) is 3.82. The molecule has 0 aliphatic rings. The van der Waals surface area contributed by atoms with Crippen LogP contribution in [-0.4, -0.2) is 29.4 Å². The van der Waals surface area contributed by atoms with Gasteiger partial charge >= 0.3 is 0 Å². The molecule has 136 valence electrons. The number of carbonyl (C=O) groups excluding carboxylic acids is 1. The van der Waals surface area contributed by atoms with Gasteiger partial charge in [-0.05, 0) is 36.3 Å². The number of hydrazone groups is 1. The van der Waals surface area contributed by atoms with Gasteiger partial charge in [0.05, 0.1) is 19.0 Å². The highest BCUT2D eigenvalue weighted by atomic mass is 16.5. The molecular weight excluding hydrogens is 340 g/mol. The summed E-state index contributed by atoms with van der Waals surface area (Å²) >= 11 is 0. The highest BCUT2D eigenvalue weighted by Crippen LogP contribution is 2.22. The molecule has 0 fully saturated rings. The molecule has 0 aliphatic carbocycles. The van der Waals surface area contributed by atoms with Crippen molar-refractivity contribution in [3.8, 4) is 17.0 Å². The van der Waals surface area contributed by atoms with Gasteiger partial charge in [-0.1, -0.05) is 48.5 Å². The normalized spacial score (nSPS) is 11.6. The number of hydrogen-bond donors (Lipinski definition) is 2. The topological polar surface area (TPSA) is 79.4 Å². The largest absolute Gasteiger partial charge is 0.497 e. The molecule has 0 aliphatic heterocycles. The van der Waals surface area contributed by atoms with Crippen LogP contribution in [0, 0.1) is 0 Å². The minimum Gasteiger partial charge on any atom is -0.497 e. The van der Waals surface area contributed by atoms with Crippen LogP contribution in [-0.2, 0) is 0 Å². The summed E-state index contributed by atoms with van der Waals surface area (Å²) in [5.41, 5.74) is 6.33. The molecule has 0 unspecified atom stereocenters. The SMILES string of the molecule is COc1cccc(-c2cc(C(=O)N/N=C\C(C)=C\c3ccccc3)[nH]n2)c1. The Morgan fingerprint density at radius 2 is 1.96 bits per heavy atom. The lowest BCUT2D eigenvalue weighted by Gasteiger charge is -2.00. The van der Waals surface area contributed by atoms with E-state index >= 15 is 0 Å².